The van der Waals surface area contributed by atoms with Crippen LogP contribution in [0.15, 0.2) is 48.5 Å². The molecule has 118 valence electrons. The summed E-state index contributed by atoms with van der Waals surface area (Å²) < 4.78 is 0. The molecule has 0 saturated heterocycles. The third-order valence-corrected chi connectivity index (χ3v) is 6.00. The van der Waals surface area contributed by atoms with Crippen LogP contribution in [0, 0.1) is 27.7 Å². The van der Waals surface area contributed by atoms with E-state index >= 15 is 0 Å². The number of hydrogen-bond acceptors (Lipinski definition) is 0. The van der Waals surface area contributed by atoms with Crippen LogP contribution < -0.4 is 0 Å². The van der Waals surface area contributed by atoms with Crippen molar-refractivity contribution in [2.24, 2.45) is 0 Å². The van der Waals surface area contributed by atoms with Crippen LogP contribution in [0.3, 0.4) is 0 Å². The minimum atomic E-state index is 0. The molecule has 0 spiro atoms. The standard InChI is InChI=1S/C24H20.Li.H/c1-13-11-12-19-18-9-5-7-17-8-6-10-20(23(17)18)22-16(4)14(2)15(3)21(13)24(19)22;;/h5-12H,1-4H3;;. The second-order valence-corrected chi connectivity index (χ2v) is 7.14. The first kappa shape index (κ1) is 16.5. The van der Waals surface area contributed by atoms with E-state index in [0.717, 1.165) is 0 Å². The monoisotopic (exact) mass is 316 g/mol. The first-order valence-corrected chi connectivity index (χ1v) is 8.65. The van der Waals surface area contributed by atoms with Crippen LogP contribution in [0.5, 0.6) is 0 Å². The predicted octanol–water partition coefficient (Wildman–Crippen LogP) is 6.32. The predicted molar refractivity (Wildman–Crippen MR) is 114 cm³/mol. The molecule has 5 aromatic rings. The Bertz CT molecular complexity index is 1270. The Hall–Kier alpha value is -2.00. The molecule has 5 rings (SSSR count). The summed E-state index contributed by atoms with van der Waals surface area (Å²) >= 11 is 0. The molecule has 0 aromatic heterocycles. The van der Waals surface area contributed by atoms with Crippen LogP contribution in [0.4, 0.5) is 0 Å². The zero-order chi connectivity index (χ0) is 16.6. The zero-order valence-electron chi connectivity index (χ0n) is 14.6. The van der Waals surface area contributed by atoms with Gasteiger partial charge in [-0.05, 0) is 93.0 Å². The Balaban J connectivity index is 0.00000157. The summed E-state index contributed by atoms with van der Waals surface area (Å²) in [6.07, 6.45) is 0. The SMILES string of the molecule is Cc1c(C)c2c(C)ccc3c4cccc5cccc(c(c1C)c23)c54.[LiH]. The summed E-state index contributed by atoms with van der Waals surface area (Å²) in [6.45, 7) is 9.08. The molecule has 25 heavy (non-hydrogen) atoms. The van der Waals surface area contributed by atoms with Gasteiger partial charge in [0.1, 0.15) is 0 Å². The molecule has 0 aliphatic heterocycles. The molecule has 0 amide bonds. The summed E-state index contributed by atoms with van der Waals surface area (Å²) in [5, 5.41) is 11.2. The maximum atomic E-state index is 2.32. The number of benzene rings is 5. The third-order valence-electron chi connectivity index (χ3n) is 6.00. The molecule has 1 heteroatoms. The van der Waals surface area contributed by atoms with E-state index in [2.05, 4.69) is 76.2 Å². The summed E-state index contributed by atoms with van der Waals surface area (Å²) in [6, 6.07) is 18.0. The molecule has 0 bridgehead atoms. The molecule has 5 aromatic carbocycles. The van der Waals surface area contributed by atoms with Crippen molar-refractivity contribution in [1.29, 1.82) is 0 Å². The van der Waals surface area contributed by atoms with Crippen molar-refractivity contribution in [3.05, 3.63) is 70.8 Å². The zero-order valence-corrected chi connectivity index (χ0v) is 14.6. The molecule has 0 saturated carbocycles. The van der Waals surface area contributed by atoms with Crippen molar-refractivity contribution >= 4 is 62.0 Å². The molecule has 0 atom stereocenters. The van der Waals surface area contributed by atoms with Gasteiger partial charge in [0.15, 0.2) is 0 Å². The maximum absolute atomic E-state index is 2.32. The molecule has 0 radical (unpaired) electrons. The van der Waals surface area contributed by atoms with Gasteiger partial charge >= 0.3 is 18.9 Å². The van der Waals surface area contributed by atoms with Gasteiger partial charge in [-0.15, -0.1) is 0 Å². The molecule has 0 unspecified atom stereocenters. The fraction of sp³-hybridized carbons (Fsp3) is 0.167. The van der Waals surface area contributed by atoms with Gasteiger partial charge in [-0.2, -0.15) is 0 Å². The van der Waals surface area contributed by atoms with Gasteiger partial charge in [0.25, 0.3) is 0 Å². The number of fused-ring (bicyclic) bond motifs is 2. The van der Waals surface area contributed by atoms with Gasteiger partial charge in [-0.3, -0.25) is 0 Å². The number of aryl methyl sites for hydroxylation is 3. The van der Waals surface area contributed by atoms with Crippen molar-refractivity contribution in [3.8, 4) is 0 Å². The molecule has 0 fully saturated rings. The number of rotatable bonds is 0. The van der Waals surface area contributed by atoms with E-state index < -0.39 is 0 Å². The van der Waals surface area contributed by atoms with Crippen molar-refractivity contribution < 1.29 is 0 Å². The van der Waals surface area contributed by atoms with Crippen molar-refractivity contribution in [2.45, 2.75) is 27.7 Å². The van der Waals surface area contributed by atoms with E-state index in [0.29, 0.717) is 0 Å². The molecular weight excluding hydrogens is 295 g/mol. The average Bonchev–Trinajstić information content (AvgIpc) is 2.59. The molecule has 0 aliphatic carbocycles. The van der Waals surface area contributed by atoms with Crippen molar-refractivity contribution in [2.75, 3.05) is 0 Å². The minimum absolute atomic E-state index is 0. The number of hydrogen-bond donors (Lipinski definition) is 0. The molecule has 0 N–H and O–H groups in total. The van der Waals surface area contributed by atoms with Gasteiger partial charge in [0, 0.05) is 0 Å². The van der Waals surface area contributed by atoms with Gasteiger partial charge in [0.05, 0.1) is 0 Å². The van der Waals surface area contributed by atoms with Gasteiger partial charge in [-0.1, -0.05) is 48.5 Å². The fourth-order valence-corrected chi connectivity index (χ4v) is 4.63. The van der Waals surface area contributed by atoms with E-state index in [1.165, 1.54) is 65.3 Å². The van der Waals surface area contributed by atoms with Crippen molar-refractivity contribution in [3.63, 3.8) is 0 Å². The van der Waals surface area contributed by atoms with E-state index in [9.17, 15) is 0 Å². The average molecular weight is 316 g/mol. The van der Waals surface area contributed by atoms with E-state index in [-0.39, 0.29) is 18.9 Å². The topological polar surface area (TPSA) is 0 Å². The second kappa shape index (κ2) is 5.50. The first-order valence-electron chi connectivity index (χ1n) is 8.65. The Labute approximate surface area is 160 Å². The van der Waals surface area contributed by atoms with Crippen LogP contribution >= 0.6 is 0 Å². The van der Waals surface area contributed by atoms with Gasteiger partial charge < -0.3 is 0 Å². The third kappa shape index (κ3) is 1.96. The molecule has 0 nitrogen and oxygen atoms in total. The Kier molecular flexibility index (Phi) is 3.62. The van der Waals surface area contributed by atoms with E-state index in [4.69, 9.17) is 0 Å². The Morgan fingerprint density at radius 2 is 1.08 bits per heavy atom. The van der Waals surface area contributed by atoms with Crippen LogP contribution in [0.25, 0.3) is 43.1 Å². The summed E-state index contributed by atoms with van der Waals surface area (Å²) in [7, 11) is 0. The van der Waals surface area contributed by atoms with Gasteiger partial charge in [-0.25, -0.2) is 0 Å². The summed E-state index contributed by atoms with van der Waals surface area (Å²) in [5.74, 6) is 0. The van der Waals surface area contributed by atoms with Crippen LogP contribution in [0.2, 0.25) is 0 Å². The molecule has 0 heterocycles. The van der Waals surface area contributed by atoms with E-state index in [1.54, 1.807) is 0 Å². The Morgan fingerprint density at radius 3 is 1.80 bits per heavy atom. The molecular formula is C24H21Li. The van der Waals surface area contributed by atoms with Crippen molar-refractivity contribution in [1.82, 2.24) is 0 Å². The Morgan fingerprint density at radius 1 is 0.480 bits per heavy atom. The quantitative estimate of drug-likeness (QED) is 0.178. The van der Waals surface area contributed by atoms with Crippen LogP contribution in [0.1, 0.15) is 22.3 Å². The normalized spacial score (nSPS) is 11.7. The second-order valence-electron chi connectivity index (χ2n) is 7.14. The van der Waals surface area contributed by atoms with E-state index in [1.807, 2.05) is 0 Å². The van der Waals surface area contributed by atoms with Gasteiger partial charge in [0.2, 0.25) is 0 Å². The fourth-order valence-electron chi connectivity index (χ4n) is 4.63. The van der Waals surface area contributed by atoms with Crippen LogP contribution in [-0.2, 0) is 0 Å². The summed E-state index contributed by atoms with van der Waals surface area (Å²) in [5.41, 5.74) is 5.65. The van der Waals surface area contributed by atoms with Crippen LogP contribution in [-0.4, -0.2) is 18.9 Å². The first-order chi connectivity index (χ1) is 11.6. The molecule has 0 aliphatic rings. The summed E-state index contributed by atoms with van der Waals surface area (Å²) in [4.78, 5) is 0.